The molecular weight excluding hydrogens is 180 g/mol. The van der Waals surface area contributed by atoms with Crippen LogP contribution >= 0.6 is 0 Å². The van der Waals surface area contributed by atoms with Crippen LogP contribution in [0.5, 0.6) is 5.88 Å². The summed E-state index contributed by atoms with van der Waals surface area (Å²) in [6.07, 6.45) is 0. The molecule has 0 aliphatic heterocycles. The second-order valence-corrected chi connectivity index (χ2v) is 3.45. The second kappa shape index (κ2) is 3.32. The minimum absolute atomic E-state index is 0.346. The quantitative estimate of drug-likeness (QED) is 0.807. The lowest BCUT2D eigenvalue weighted by atomic mass is 10.2. The first-order chi connectivity index (χ1) is 6.70. The zero-order valence-electron chi connectivity index (χ0n) is 8.61. The van der Waals surface area contributed by atoms with Crippen LogP contribution in [0.1, 0.15) is 32.5 Å². The largest absolute Gasteiger partial charge is 0.478 e. The van der Waals surface area contributed by atoms with Crippen molar-refractivity contribution >= 4 is 5.65 Å². The van der Waals surface area contributed by atoms with Gasteiger partial charge in [-0.25, -0.2) is 10.1 Å². The highest BCUT2D eigenvalue weighted by molar-refractivity contribution is 5.40. The van der Waals surface area contributed by atoms with E-state index in [1.54, 1.807) is 4.63 Å². The average Bonchev–Trinajstić information content (AvgIpc) is 2.61. The Balaban J connectivity index is 2.35. The van der Waals surface area contributed by atoms with Crippen LogP contribution in [-0.2, 0) is 0 Å². The van der Waals surface area contributed by atoms with Crippen molar-refractivity contribution in [3.05, 3.63) is 11.9 Å². The van der Waals surface area contributed by atoms with Crippen LogP contribution in [0.2, 0.25) is 0 Å². The fourth-order valence-electron chi connectivity index (χ4n) is 1.24. The maximum absolute atomic E-state index is 5.29. The van der Waals surface area contributed by atoms with E-state index < -0.39 is 0 Å². The molecule has 0 aliphatic rings. The van der Waals surface area contributed by atoms with Crippen LogP contribution < -0.4 is 4.74 Å². The van der Waals surface area contributed by atoms with Gasteiger partial charge in [-0.15, -0.1) is 5.10 Å². The standard InChI is InChI=1S/C9H14N4O/c1-4-14-8-5-7-10-9(6(2)3)12-13(7)11-8/h5-6,11H,4H2,1-3H3. The van der Waals surface area contributed by atoms with Gasteiger partial charge in [0, 0.05) is 12.0 Å². The average molecular weight is 194 g/mol. The highest BCUT2D eigenvalue weighted by atomic mass is 16.5. The van der Waals surface area contributed by atoms with Crippen molar-refractivity contribution in [2.45, 2.75) is 26.7 Å². The molecule has 1 N–H and O–H groups in total. The Kier molecular flexibility index (Phi) is 2.15. The molecular formula is C9H14N4O. The van der Waals surface area contributed by atoms with Crippen molar-refractivity contribution in [1.29, 1.82) is 0 Å². The number of aromatic nitrogens is 4. The van der Waals surface area contributed by atoms with Gasteiger partial charge >= 0.3 is 0 Å². The molecule has 0 bridgehead atoms. The monoisotopic (exact) mass is 194 g/mol. The Morgan fingerprint density at radius 2 is 2.36 bits per heavy atom. The van der Waals surface area contributed by atoms with Crippen molar-refractivity contribution in [2.75, 3.05) is 6.61 Å². The molecule has 14 heavy (non-hydrogen) atoms. The molecule has 0 fully saturated rings. The van der Waals surface area contributed by atoms with Gasteiger partial charge < -0.3 is 4.74 Å². The molecule has 0 aromatic carbocycles. The molecule has 2 heterocycles. The molecule has 5 heteroatoms. The van der Waals surface area contributed by atoms with Crippen LogP contribution in [0, 0.1) is 0 Å². The first-order valence-electron chi connectivity index (χ1n) is 4.79. The molecule has 2 rings (SSSR count). The van der Waals surface area contributed by atoms with E-state index >= 15 is 0 Å². The first-order valence-corrected chi connectivity index (χ1v) is 4.79. The number of fused-ring (bicyclic) bond motifs is 1. The Morgan fingerprint density at radius 1 is 1.57 bits per heavy atom. The fraction of sp³-hybridized carbons (Fsp3) is 0.556. The summed E-state index contributed by atoms with van der Waals surface area (Å²) in [5.74, 6) is 1.90. The normalized spacial score (nSPS) is 11.4. The van der Waals surface area contributed by atoms with Crippen LogP contribution in [0.15, 0.2) is 6.07 Å². The number of hydrogen-bond acceptors (Lipinski definition) is 3. The number of ether oxygens (including phenoxy) is 1. The van der Waals surface area contributed by atoms with Crippen LogP contribution in [0.25, 0.3) is 5.65 Å². The maximum atomic E-state index is 5.29. The van der Waals surface area contributed by atoms with Gasteiger partial charge in [0.2, 0.25) is 5.88 Å². The number of hydrogen-bond donors (Lipinski definition) is 1. The lowest BCUT2D eigenvalue weighted by Crippen LogP contribution is -1.96. The fourth-order valence-corrected chi connectivity index (χ4v) is 1.24. The summed E-state index contributed by atoms with van der Waals surface area (Å²) in [6.45, 7) is 6.72. The van der Waals surface area contributed by atoms with Crippen molar-refractivity contribution in [3.63, 3.8) is 0 Å². The lowest BCUT2D eigenvalue weighted by Gasteiger charge is -1.96. The molecule has 0 unspecified atom stereocenters. The van der Waals surface area contributed by atoms with E-state index in [9.17, 15) is 0 Å². The first kappa shape index (κ1) is 9.05. The molecule has 0 saturated carbocycles. The van der Waals surface area contributed by atoms with E-state index in [2.05, 4.69) is 29.0 Å². The molecule has 2 aromatic heterocycles. The minimum atomic E-state index is 0.346. The molecule has 0 atom stereocenters. The summed E-state index contributed by atoms with van der Waals surface area (Å²) in [5.41, 5.74) is 0.803. The molecule has 0 saturated heterocycles. The second-order valence-electron chi connectivity index (χ2n) is 3.45. The number of nitrogens with one attached hydrogen (secondary N) is 1. The van der Waals surface area contributed by atoms with E-state index in [1.807, 2.05) is 13.0 Å². The molecule has 76 valence electrons. The van der Waals surface area contributed by atoms with Gasteiger partial charge in [-0.3, -0.25) is 0 Å². The van der Waals surface area contributed by atoms with Gasteiger partial charge in [-0.2, -0.15) is 4.63 Å². The molecule has 0 spiro atoms. The minimum Gasteiger partial charge on any atom is -0.478 e. The van der Waals surface area contributed by atoms with Crippen molar-refractivity contribution in [1.82, 2.24) is 19.8 Å². The van der Waals surface area contributed by atoms with Crippen LogP contribution in [0.4, 0.5) is 0 Å². The van der Waals surface area contributed by atoms with Gasteiger partial charge in [0.1, 0.15) is 0 Å². The Hall–Kier alpha value is -1.52. The molecule has 0 amide bonds. The molecule has 2 aromatic rings. The van der Waals surface area contributed by atoms with E-state index in [4.69, 9.17) is 4.74 Å². The predicted octanol–water partition coefficient (Wildman–Crippen LogP) is 1.58. The smallest absolute Gasteiger partial charge is 0.211 e. The van der Waals surface area contributed by atoms with E-state index in [0.717, 1.165) is 11.5 Å². The third-order valence-electron chi connectivity index (χ3n) is 1.94. The zero-order chi connectivity index (χ0) is 10.1. The lowest BCUT2D eigenvalue weighted by molar-refractivity contribution is 0.323. The molecule has 0 radical (unpaired) electrons. The summed E-state index contributed by atoms with van der Waals surface area (Å²) in [4.78, 5) is 4.36. The number of H-pyrrole nitrogens is 1. The highest BCUT2D eigenvalue weighted by Crippen LogP contribution is 2.14. The van der Waals surface area contributed by atoms with Crippen LogP contribution in [0.3, 0.4) is 0 Å². The third kappa shape index (κ3) is 1.45. The highest BCUT2D eigenvalue weighted by Gasteiger charge is 2.09. The number of rotatable bonds is 3. The summed E-state index contributed by atoms with van der Waals surface area (Å²) >= 11 is 0. The van der Waals surface area contributed by atoms with E-state index in [-0.39, 0.29) is 0 Å². The Labute approximate surface area is 82.1 Å². The van der Waals surface area contributed by atoms with Gasteiger partial charge in [0.15, 0.2) is 11.5 Å². The van der Waals surface area contributed by atoms with E-state index in [0.29, 0.717) is 18.4 Å². The van der Waals surface area contributed by atoms with Gasteiger partial charge in [0.05, 0.1) is 6.61 Å². The summed E-state index contributed by atoms with van der Waals surface area (Å²) < 4.78 is 6.93. The molecule has 0 aliphatic carbocycles. The van der Waals surface area contributed by atoms with Crippen LogP contribution in [-0.4, -0.2) is 26.4 Å². The zero-order valence-corrected chi connectivity index (χ0v) is 8.61. The number of nitrogens with zero attached hydrogens (tertiary/aromatic N) is 3. The van der Waals surface area contributed by atoms with E-state index in [1.165, 1.54) is 0 Å². The molecule has 5 nitrogen and oxygen atoms in total. The van der Waals surface area contributed by atoms with Crippen molar-refractivity contribution < 1.29 is 4.74 Å². The van der Waals surface area contributed by atoms with Gasteiger partial charge in [0.25, 0.3) is 0 Å². The predicted molar refractivity (Wildman–Crippen MR) is 52.6 cm³/mol. The number of aromatic amines is 1. The Morgan fingerprint density at radius 3 is 2.93 bits per heavy atom. The maximum Gasteiger partial charge on any atom is 0.211 e. The Bertz CT molecular complexity index is 397. The third-order valence-corrected chi connectivity index (χ3v) is 1.94. The van der Waals surface area contributed by atoms with Gasteiger partial charge in [-0.1, -0.05) is 13.8 Å². The summed E-state index contributed by atoms with van der Waals surface area (Å²) in [5, 5.41) is 7.28. The summed E-state index contributed by atoms with van der Waals surface area (Å²) in [6, 6.07) is 1.85. The summed E-state index contributed by atoms with van der Waals surface area (Å²) in [7, 11) is 0. The SMILES string of the molecule is CCOc1cc2nc(C(C)C)nn2[nH]1. The van der Waals surface area contributed by atoms with Gasteiger partial charge in [-0.05, 0) is 6.92 Å². The van der Waals surface area contributed by atoms with Crippen molar-refractivity contribution in [2.24, 2.45) is 0 Å². The van der Waals surface area contributed by atoms with Crippen molar-refractivity contribution in [3.8, 4) is 5.88 Å². The topological polar surface area (TPSA) is 55.2 Å².